The zero-order valence-electron chi connectivity index (χ0n) is 13.9. The van der Waals surface area contributed by atoms with Gasteiger partial charge in [0.15, 0.2) is 5.11 Å². The van der Waals surface area contributed by atoms with Crippen molar-refractivity contribution in [2.75, 3.05) is 18.0 Å². The van der Waals surface area contributed by atoms with Gasteiger partial charge in [0.2, 0.25) is 0 Å². The van der Waals surface area contributed by atoms with Crippen molar-refractivity contribution in [1.82, 2.24) is 4.90 Å². The molecule has 1 aliphatic rings. The maximum atomic E-state index is 12.9. The van der Waals surface area contributed by atoms with Gasteiger partial charge >= 0.3 is 0 Å². The molecule has 1 fully saturated rings. The average Bonchev–Trinajstić information content (AvgIpc) is 2.70. The topological polar surface area (TPSA) is 96.1 Å². The van der Waals surface area contributed by atoms with Crippen LogP contribution in [-0.4, -0.2) is 34.5 Å². The second-order valence-corrected chi connectivity index (χ2v) is 6.42. The van der Waals surface area contributed by atoms with E-state index >= 15 is 0 Å². The first-order chi connectivity index (χ1) is 11.3. The lowest BCUT2D eigenvalue weighted by Crippen LogP contribution is -2.44. The number of amides is 1. The van der Waals surface area contributed by atoms with E-state index in [9.17, 15) is 4.79 Å². The van der Waals surface area contributed by atoms with Crippen molar-refractivity contribution in [2.45, 2.75) is 32.7 Å². The number of azide groups is 1. The summed E-state index contributed by atoms with van der Waals surface area (Å²) in [6.45, 7) is 6.37. The summed E-state index contributed by atoms with van der Waals surface area (Å²) < 4.78 is 0. The van der Waals surface area contributed by atoms with Gasteiger partial charge in [-0.05, 0) is 68.7 Å². The van der Waals surface area contributed by atoms with Gasteiger partial charge in [-0.3, -0.25) is 9.69 Å². The Morgan fingerprint density at radius 2 is 2.17 bits per heavy atom. The molecule has 0 bridgehead atoms. The Kier molecular flexibility index (Phi) is 5.07. The van der Waals surface area contributed by atoms with Gasteiger partial charge in [-0.1, -0.05) is 5.11 Å². The third-order valence-electron chi connectivity index (χ3n) is 4.12. The molecule has 1 heterocycles. The molecule has 1 aromatic rings. The predicted octanol–water partition coefficient (Wildman–Crippen LogP) is 3.28. The number of hydrogen-bond donors (Lipinski definition) is 0. The number of hydrogen-bond acceptors (Lipinski definition) is 4. The van der Waals surface area contributed by atoms with Crippen LogP contribution >= 0.6 is 12.2 Å². The summed E-state index contributed by atoms with van der Waals surface area (Å²) in [6, 6.07) is 7.33. The van der Waals surface area contributed by atoms with Crippen LogP contribution in [0, 0.1) is 18.3 Å². The standard InChI is InChI=1S/C16H18N6OS/c1-11-9-13(6-5-12(11)10-17)22-14(23)16(2,3)21(15(22)24)8-4-7-19-20-18/h5-6,9H,4,7-8H2,1-3H3. The van der Waals surface area contributed by atoms with Crippen molar-refractivity contribution in [3.8, 4) is 6.07 Å². The van der Waals surface area contributed by atoms with E-state index in [1.165, 1.54) is 4.90 Å². The van der Waals surface area contributed by atoms with E-state index in [-0.39, 0.29) is 5.91 Å². The van der Waals surface area contributed by atoms with E-state index in [0.717, 1.165) is 5.56 Å². The Labute approximate surface area is 146 Å². The van der Waals surface area contributed by atoms with E-state index in [1.807, 2.05) is 25.7 Å². The molecule has 1 saturated heterocycles. The van der Waals surface area contributed by atoms with E-state index in [0.29, 0.717) is 35.9 Å². The van der Waals surface area contributed by atoms with Crippen molar-refractivity contribution >= 4 is 28.9 Å². The summed E-state index contributed by atoms with van der Waals surface area (Å²) in [6.07, 6.45) is 0.612. The first kappa shape index (κ1) is 17.7. The lowest BCUT2D eigenvalue weighted by Gasteiger charge is -2.29. The van der Waals surface area contributed by atoms with Crippen LogP contribution < -0.4 is 4.90 Å². The highest BCUT2D eigenvalue weighted by molar-refractivity contribution is 7.80. The molecule has 0 saturated carbocycles. The number of carbonyl (C=O) groups excluding carboxylic acids is 1. The molecule has 0 aliphatic carbocycles. The Balaban J connectivity index is 2.30. The number of benzene rings is 1. The van der Waals surface area contributed by atoms with Gasteiger partial charge in [-0.2, -0.15) is 5.26 Å². The molecule has 0 spiro atoms. The number of aryl methyl sites for hydroxylation is 1. The second kappa shape index (κ2) is 6.87. The molecule has 24 heavy (non-hydrogen) atoms. The zero-order chi connectivity index (χ0) is 17.9. The third kappa shape index (κ3) is 3.04. The van der Waals surface area contributed by atoms with Gasteiger partial charge in [0.05, 0.1) is 17.3 Å². The van der Waals surface area contributed by atoms with Crippen LogP contribution in [0.2, 0.25) is 0 Å². The van der Waals surface area contributed by atoms with Crippen LogP contribution in [0.3, 0.4) is 0 Å². The fraction of sp³-hybridized carbons (Fsp3) is 0.438. The minimum atomic E-state index is -0.769. The van der Waals surface area contributed by atoms with E-state index in [4.69, 9.17) is 23.0 Å². The third-order valence-corrected chi connectivity index (χ3v) is 4.52. The van der Waals surface area contributed by atoms with Gasteiger partial charge in [-0.15, -0.1) is 0 Å². The first-order valence-electron chi connectivity index (χ1n) is 7.52. The normalized spacial score (nSPS) is 16.1. The molecule has 8 heteroatoms. The number of thiocarbonyl (C=S) groups is 1. The van der Waals surface area contributed by atoms with Gasteiger partial charge in [-0.25, -0.2) is 0 Å². The zero-order valence-corrected chi connectivity index (χ0v) is 14.7. The van der Waals surface area contributed by atoms with Gasteiger partial charge in [0.25, 0.3) is 5.91 Å². The fourth-order valence-electron chi connectivity index (χ4n) is 2.70. The minimum absolute atomic E-state index is 0.111. The molecule has 1 amide bonds. The van der Waals surface area contributed by atoms with Crippen molar-refractivity contribution in [3.63, 3.8) is 0 Å². The largest absolute Gasteiger partial charge is 0.334 e. The quantitative estimate of drug-likeness (QED) is 0.270. The average molecular weight is 342 g/mol. The van der Waals surface area contributed by atoms with Crippen LogP contribution in [0.15, 0.2) is 23.3 Å². The monoisotopic (exact) mass is 342 g/mol. The SMILES string of the molecule is Cc1cc(N2C(=O)C(C)(C)N(CCCN=[N+]=[N-])C2=S)ccc1C#N. The molecule has 0 atom stereocenters. The van der Waals surface area contributed by atoms with Gasteiger partial charge < -0.3 is 4.90 Å². The molecule has 0 radical (unpaired) electrons. The minimum Gasteiger partial charge on any atom is -0.334 e. The molecule has 1 aromatic carbocycles. The number of nitrogens with zero attached hydrogens (tertiary/aromatic N) is 6. The molecule has 7 nitrogen and oxygen atoms in total. The molecule has 124 valence electrons. The summed E-state index contributed by atoms with van der Waals surface area (Å²) in [4.78, 5) is 18.9. The van der Waals surface area contributed by atoms with Gasteiger partial charge in [0, 0.05) is 18.0 Å². The molecule has 0 N–H and O–H groups in total. The number of carbonyl (C=O) groups is 1. The van der Waals surface area contributed by atoms with Crippen LogP contribution in [0.1, 0.15) is 31.4 Å². The summed E-state index contributed by atoms with van der Waals surface area (Å²) in [5.74, 6) is -0.111. The highest BCUT2D eigenvalue weighted by Gasteiger charge is 2.49. The van der Waals surface area contributed by atoms with E-state index in [1.54, 1.807) is 18.2 Å². The molecule has 0 aromatic heterocycles. The highest BCUT2D eigenvalue weighted by Crippen LogP contribution is 2.33. The van der Waals surface area contributed by atoms with Crippen LogP contribution in [-0.2, 0) is 4.79 Å². The first-order valence-corrected chi connectivity index (χ1v) is 7.93. The smallest absolute Gasteiger partial charge is 0.258 e. The summed E-state index contributed by atoms with van der Waals surface area (Å²) in [5.41, 5.74) is 9.61. The van der Waals surface area contributed by atoms with Crippen LogP contribution in [0.25, 0.3) is 10.4 Å². The van der Waals surface area contributed by atoms with Gasteiger partial charge in [0.1, 0.15) is 5.54 Å². The Hall–Kier alpha value is -2.62. The maximum Gasteiger partial charge on any atom is 0.258 e. The highest BCUT2D eigenvalue weighted by atomic mass is 32.1. The maximum absolute atomic E-state index is 12.9. The summed E-state index contributed by atoms with van der Waals surface area (Å²) in [5, 5.41) is 13.0. The molecular formula is C16H18N6OS. The van der Waals surface area contributed by atoms with Crippen LogP contribution in [0.5, 0.6) is 0 Å². The lowest BCUT2D eigenvalue weighted by atomic mass is 10.0. The van der Waals surface area contributed by atoms with E-state index in [2.05, 4.69) is 16.1 Å². The molecule has 0 unspecified atom stereocenters. The van der Waals surface area contributed by atoms with Crippen molar-refractivity contribution in [1.29, 1.82) is 5.26 Å². The Bertz CT molecular complexity index is 775. The fourth-order valence-corrected chi connectivity index (χ4v) is 3.20. The second-order valence-electron chi connectivity index (χ2n) is 6.05. The Morgan fingerprint density at radius 3 is 2.75 bits per heavy atom. The molecule has 2 rings (SSSR count). The lowest BCUT2D eigenvalue weighted by molar-refractivity contribution is -0.123. The van der Waals surface area contributed by atoms with Crippen molar-refractivity contribution in [2.24, 2.45) is 5.11 Å². The number of nitriles is 1. The number of anilines is 1. The summed E-state index contributed by atoms with van der Waals surface area (Å²) >= 11 is 5.52. The van der Waals surface area contributed by atoms with Crippen molar-refractivity contribution < 1.29 is 4.79 Å². The molecular weight excluding hydrogens is 324 g/mol. The summed E-state index contributed by atoms with van der Waals surface area (Å²) in [7, 11) is 0. The van der Waals surface area contributed by atoms with Crippen LogP contribution in [0.4, 0.5) is 5.69 Å². The van der Waals surface area contributed by atoms with Crippen molar-refractivity contribution in [3.05, 3.63) is 39.8 Å². The predicted molar refractivity (Wildman–Crippen MR) is 95.4 cm³/mol. The Morgan fingerprint density at radius 1 is 1.46 bits per heavy atom. The number of rotatable bonds is 5. The van der Waals surface area contributed by atoms with E-state index < -0.39 is 5.54 Å². The molecule has 1 aliphatic heterocycles.